The lowest BCUT2D eigenvalue weighted by atomic mass is 9.97. The highest BCUT2D eigenvalue weighted by molar-refractivity contribution is 7.21. The van der Waals surface area contributed by atoms with E-state index in [4.69, 9.17) is 11.5 Å². The molecule has 0 unspecified atom stereocenters. The minimum atomic E-state index is -0.00607. The molecule has 0 amide bonds. The molecule has 0 radical (unpaired) electrons. The molecule has 3 rings (SSSR count). The molecule has 7 heteroatoms. The Balaban J connectivity index is 2.15. The zero-order valence-electron chi connectivity index (χ0n) is 15.3. The van der Waals surface area contributed by atoms with E-state index < -0.39 is 0 Å². The van der Waals surface area contributed by atoms with Crippen LogP contribution in [0.25, 0.3) is 21.3 Å². The van der Waals surface area contributed by atoms with Gasteiger partial charge < -0.3 is 16.4 Å². The van der Waals surface area contributed by atoms with Crippen molar-refractivity contribution in [1.82, 2.24) is 9.88 Å². The first-order valence-electron chi connectivity index (χ1n) is 8.59. The van der Waals surface area contributed by atoms with Crippen LogP contribution in [0.4, 0.5) is 11.5 Å². The number of nitrogens with two attached hydrogens (primary N) is 2. The van der Waals surface area contributed by atoms with Gasteiger partial charge in [0.1, 0.15) is 22.3 Å². The van der Waals surface area contributed by atoms with E-state index in [9.17, 15) is 10.1 Å². The fourth-order valence-electron chi connectivity index (χ4n) is 3.05. The van der Waals surface area contributed by atoms with Gasteiger partial charge in [-0.2, -0.15) is 5.26 Å². The molecular weight excluding hydrogens is 358 g/mol. The molecule has 27 heavy (non-hydrogen) atoms. The van der Waals surface area contributed by atoms with Crippen molar-refractivity contribution < 1.29 is 4.79 Å². The summed E-state index contributed by atoms with van der Waals surface area (Å²) >= 11 is 1.24. The third-order valence-corrected chi connectivity index (χ3v) is 5.48. The standard InChI is InChI=1S/C20H21N5OS/c1-25(2)10-6-9-14(26)18-17(22)16-15(12-7-4-3-5-8-12)13(11-21)19(23)24-20(16)27-18/h3-5,7-8H,6,9-10,22H2,1-2H3,(H2,23,24). The highest BCUT2D eigenvalue weighted by Gasteiger charge is 2.23. The lowest BCUT2D eigenvalue weighted by Gasteiger charge is -2.09. The first-order chi connectivity index (χ1) is 12.9. The van der Waals surface area contributed by atoms with Gasteiger partial charge in [-0.1, -0.05) is 30.3 Å². The first-order valence-corrected chi connectivity index (χ1v) is 9.40. The van der Waals surface area contributed by atoms with Crippen molar-refractivity contribution in [2.75, 3.05) is 32.1 Å². The van der Waals surface area contributed by atoms with Crippen LogP contribution in [-0.4, -0.2) is 36.3 Å². The second-order valence-corrected chi connectivity index (χ2v) is 7.58. The van der Waals surface area contributed by atoms with Gasteiger partial charge in [0.15, 0.2) is 5.78 Å². The molecule has 4 N–H and O–H groups in total. The van der Waals surface area contributed by atoms with E-state index in [0.29, 0.717) is 32.8 Å². The number of pyridine rings is 1. The van der Waals surface area contributed by atoms with Gasteiger partial charge >= 0.3 is 0 Å². The van der Waals surface area contributed by atoms with Gasteiger partial charge in [0.25, 0.3) is 0 Å². The van der Waals surface area contributed by atoms with Crippen LogP contribution in [-0.2, 0) is 0 Å². The summed E-state index contributed by atoms with van der Waals surface area (Å²) in [5.74, 6) is 0.144. The summed E-state index contributed by atoms with van der Waals surface area (Å²) < 4.78 is 0. The summed E-state index contributed by atoms with van der Waals surface area (Å²) in [7, 11) is 3.95. The number of nitriles is 1. The molecule has 2 aromatic heterocycles. The summed E-state index contributed by atoms with van der Waals surface area (Å²) in [6, 6.07) is 11.6. The van der Waals surface area contributed by atoms with Crippen molar-refractivity contribution in [2.45, 2.75) is 12.8 Å². The maximum absolute atomic E-state index is 12.7. The number of benzene rings is 1. The van der Waals surface area contributed by atoms with E-state index in [-0.39, 0.29) is 17.2 Å². The second-order valence-electron chi connectivity index (χ2n) is 6.58. The van der Waals surface area contributed by atoms with Crippen molar-refractivity contribution in [2.24, 2.45) is 0 Å². The number of hydrogen-bond donors (Lipinski definition) is 2. The largest absolute Gasteiger partial charge is 0.397 e. The van der Waals surface area contributed by atoms with Crippen molar-refractivity contribution in [3.05, 3.63) is 40.8 Å². The molecule has 0 aliphatic rings. The monoisotopic (exact) mass is 379 g/mol. The highest BCUT2D eigenvalue weighted by Crippen LogP contribution is 2.42. The summed E-state index contributed by atoms with van der Waals surface area (Å²) in [6.45, 7) is 0.829. The summed E-state index contributed by atoms with van der Waals surface area (Å²) in [5, 5.41) is 10.2. The van der Waals surface area contributed by atoms with E-state index in [1.54, 1.807) is 0 Å². The number of carbonyl (C=O) groups excluding carboxylic acids is 1. The molecule has 0 bridgehead atoms. The lowest BCUT2D eigenvalue weighted by Crippen LogP contribution is -2.14. The molecule has 6 nitrogen and oxygen atoms in total. The molecule has 0 spiro atoms. The van der Waals surface area contributed by atoms with Crippen LogP contribution in [0.1, 0.15) is 28.1 Å². The first kappa shape index (κ1) is 18.8. The highest BCUT2D eigenvalue weighted by atomic mass is 32.1. The Kier molecular flexibility index (Phi) is 5.40. The number of thiophene rings is 1. The summed E-state index contributed by atoms with van der Waals surface area (Å²) in [6.07, 6.45) is 1.17. The third-order valence-electron chi connectivity index (χ3n) is 4.34. The third kappa shape index (κ3) is 3.63. The number of aromatic nitrogens is 1. The lowest BCUT2D eigenvalue weighted by molar-refractivity contribution is 0.0982. The van der Waals surface area contributed by atoms with Crippen molar-refractivity contribution >= 4 is 38.8 Å². The Bertz CT molecular complexity index is 1030. The molecule has 0 saturated carbocycles. The normalized spacial score (nSPS) is 11.0. The van der Waals surface area contributed by atoms with Crippen molar-refractivity contribution in [1.29, 1.82) is 5.26 Å². The number of fused-ring (bicyclic) bond motifs is 1. The van der Waals surface area contributed by atoms with Crippen LogP contribution in [0.5, 0.6) is 0 Å². The Morgan fingerprint density at radius 3 is 2.59 bits per heavy atom. The Morgan fingerprint density at radius 1 is 1.26 bits per heavy atom. The summed E-state index contributed by atoms with van der Waals surface area (Å²) in [4.78, 5) is 20.1. The van der Waals surface area contributed by atoms with Gasteiger partial charge in [-0.15, -0.1) is 11.3 Å². The minimum absolute atomic E-state index is 0.00607. The van der Waals surface area contributed by atoms with Crippen LogP contribution < -0.4 is 11.5 Å². The molecule has 2 heterocycles. The predicted molar refractivity (Wildman–Crippen MR) is 111 cm³/mol. The average molecular weight is 379 g/mol. The molecule has 3 aromatic rings. The molecular formula is C20H21N5OS. The van der Waals surface area contributed by atoms with E-state index in [0.717, 1.165) is 18.5 Å². The Hall–Kier alpha value is -2.95. The van der Waals surface area contributed by atoms with E-state index >= 15 is 0 Å². The number of nitrogen functional groups attached to an aromatic ring is 2. The molecule has 138 valence electrons. The van der Waals surface area contributed by atoms with Gasteiger partial charge in [-0.3, -0.25) is 4.79 Å². The quantitative estimate of drug-likeness (QED) is 0.634. The van der Waals surface area contributed by atoms with Crippen molar-refractivity contribution in [3.8, 4) is 17.2 Å². The molecule has 0 aliphatic heterocycles. The molecule has 0 fully saturated rings. The van der Waals surface area contributed by atoms with Gasteiger partial charge in [0.2, 0.25) is 0 Å². The maximum Gasteiger partial charge on any atom is 0.175 e. The fourth-order valence-corrected chi connectivity index (χ4v) is 4.13. The smallest absolute Gasteiger partial charge is 0.175 e. The number of carbonyl (C=O) groups is 1. The number of ketones is 1. The molecule has 0 aliphatic carbocycles. The van der Waals surface area contributed by atoms with Gasteiger partial charge in [0, 0.05) is 17.4 Å². The number of nitrogens with zero attached hydrogens (tertiary/aromatic N) is 3. The van der Waals surface area contributed by atoms with Gasteiger partial charge in [0.05, 0.1) is 10.6 Å². The van der Waals surface area contributed by atoms with Crippen LogP contribution in [0.2, 0.25) is 0 Å². The van der Waals surface area contributed by atoms with Gasteiger partial charge in [-0.05, 0) is 32.6 Å². The van der Waals surface area contributed by atoms with Gasteiger partial charge in [-0.25, -0.2) is 4.98 Å². The maximum atomic E-state index is 12.7. The number of hydrogen-bond acceptors (Lipinski definition) is 7. The van der Waals surface area contributed by atoms with E-state index in [1.165, 1.54) is 11.3 Å². The van der Waals surface area contributed by atoms with Crippen LogP contribution in [0.15, 0.2) is 30.3 Å². The number of rotatable bonds is 6. The molecule has 0 atom stereocenters. The number of anilines is 2. The zero-order chi connectivity index (χ0) is 19.6. The van der Waals surface area contributed by atoms with Crippen LogP contribution in [0.3, 0.4) is 0 Å². The molecule has 0 saturated heterocycles. The SMILES string of the molecule is CN(C)CCCC(=O)c1sc2nc(N)c(C#N)c(-c3ccccc3)c2c1N. The number of Topliss-reactive ketones (excluding diaryl/α,β-unsaturated/α-hetero) is 1. The van der Waals surface area contributed by atoms with E-state index in [1.807, 2.05) is 49.3 Å². The fraction of sp³-hybridized carbons (Fsp3) is 0.250. The molecule has 1 aromatic carbocycles. The van der Waals surface area contributed by atoms with Crippen molar-refractivity contribution in [3.63, 3.8) is 0 Å². The van der Waals surface area contributed by atoms with E-state index in [2.05, 4.69) is 11.1 Å². The Morgan fingerprint density at radius 2 is 1.96 bits per heavy atom. The van der Waals surface area contributed by atoms with Crippen LogP contribution in [0, 0.1) is 11.3 Å². The minimum Gasteiger partial charge on any atom is -0.397 e. The Labute approximate surface area is 162 Å². The van der Waals surface area contributed by atoms with Crippen LogP contribution >= 0.6 is 11.3 Å². The summed E-state index contributed by atoms with van der Waals surface area (Å²) in [5.41, 5.74) is 14.5. The topological polar surface area (TPSA) is 109 Å². The second kappa shape index (κ2) is 7.74. The predicted octanol–water partition coefficient (Wildman–Crippen LogP) is 3.52. The average Bonchev–Trinajstić information content (AvgIpc) is 2.97. The zero-order valence-corrected chi connectivity index (χ0v) is 16.1.